The molecule has 0 spiro atoms. The van der Waals surface area contributed by atoms with Gasteiger partial charge in [-0.1, -0.05) is 36.4 Å². The number of aromatic hydroxyl groups is 1. The van der Waals surface area contributed by atoms with E-state index in [2.05, 4.69) is 10.5 Å². The summed E-state index contributed by atoms with van der Waals surface area (Å²) < 4.78 is 13.4. The molecule has 112 valence electrons. The second kappa shape index (κ2) is 7.17. The summed E-state index contributed by atoms with van der Waals surface area (Å²) in [6.45, 7) is 1.67. The van der Waals surface area contributed by atoms with Crippen molar-refractivity contribution in [3.05, 3.63) is 71.6 Å². The molecule has 0 aliphatic rings. The van der Waals surface area contributed by atoms with E-state index in [9.17, 15) is 14.3 Å². The average molecular weight is 298 g/mol. The second-order valence-corrected chi connectivity index (χ2v) is 4.57. The standard InChI is InChI=1S/C17H15FN2O2/c1-12(10-11-13-6-2-4-8-15(13)18)19-20-17(22)14-7-3-5-9-16(14)21/h2-11,21H,1H3,(H,20,22)/b11-10+,19-12-. The summed E-state index contributed by atoms with van der Waals surface area (Å²) in [5, 5.41) is 13.4. The van der Waals surface area contributed by atoms with E-state index in [1.54, 1.807) is 49.4 Å². The maximum Gasteiger partial charge on any atom is 0.275 e. The Balaban J connectivity index is 2.03. The van der Waals surface area contributed by atoms with Crippen molar-refractivity contribution >= 4 is 17.7 Å². The molecule has 5 heteroatoms. The molecule has 0 aliphatic carbocycles. The number of rotatable bonds is 4. The predicted molar refractivity (Wildman–Crippen MR) is 84.1 cm³/mol. The van der Waals surface area contributed by atoms with E-state index in [-0.39, 0.29) is 17.1 Å². The van der Waals surface area contributed by atoms with E-state index in [1.165, 1.54) is 18.2 Å². The third-order valence-electron chi connectivity index (χ3n) is 2.89. The summed E-state index contributed by atoms with van der Waals surface area (Å²) in [7, 11) is 0. The van der Waals surface area contributed by atoms with Crippen LogP contribution < -0.4 is 5.43 Å². The lowest BCUT2D eigenvalue weighted by molar-refractivity contribution is 0.0952. The van der Waals surface area contributed by atoms with Gasteiger partial charge in [0.15, 0.2) is 0 Å². The van der Waals surface area contributed by atoms with Crippen LogP contribution in [0.4, 0.5) is 4.39 Å². The number of hydrogen-bond donors (Lipinski definition) is 2. The van der Waals surface area contributed by atoms with Gasteiger partial charge in [0.1, 0.15) is 11.6 Å². The minimum Gasteiger partial charge on any atom is -0.507 e. The van der Waals surface area contributed by atoms with Gasteiger partial charge in [-0.05, 0) is 31.2 Å². The molecule has 0 fully saturated rings. The van der Waals surface area contributed by atoms with Gasteiger partial charge in [-0.25, -0.2) is 9.82 Å². The third kappa shape index (κ3) is 4.02. The molecule has 2 aromatic carbocycles. The Labute approximate surface area is 127 Å². The number of para-hydroxylation sites is 1. The predicted octanol–water partition coefficient (Wildman–Crippen LogP) is 3.35. The molecule has 0 aromatic heterocycles. The summed E-state index contributed by atoms with van der Waals surface area (Å²) in [4.78, 5) is 11.8. The molecule has 2 aromatic rings. The van der Waals surface area contributed by atoms with Crippen LogP contribution >= 0.6 is 0 Å². The van der Waals surface area contributed by atoms with E-state index in [4.69, 9.17) is 0 Å². The number of nitrogens with zero attached hydrogens (tertiary/aromatic N) is 1. The minimum absolute atomic E-state index is 0.116. The van der Waals surface area contributed by atoms with Gasteiger partial charge in [0, 0.05) is 5.56 Å². The van der Waals surface area contributed by atoms with Gasteiger partial charge in [-0.15, -0.1) is 0 Å². The van der Waals surface area contributed by atoms with E-state index in [1.807, 2.05) is 0 Å². The van der Waals surface area contributed by atoms with Crippen molar-refractivity contribution in [1.29, 1.82) is 0 Å². The van der Waals surface area contributed by atoms with E-state index in [0.717, 1.165) is 0 Å². The van der Waals surface area contributed by atoms with Crippen molar-refractivity contribution in [3.8, 4) is 5.75 Å². The fourth-order valence-electron chi connectivity index (χ4n) is 1.72. The first-order valence-corrected chi connectivity index (χ1v) is 6.63. The van der Waals surface area contributed by atoms with E-state index < -0.39 is 5.91 Å². The molecule has 0 radical (unpaired) electrons. The molecule has 0 saturated carbocycles. The highest BCUT2D eigenvalue weighted by atomic mass is 19.1. The molecule has 0 aliphatic heterocycles. The smallest absolute Gasteiger partial charge is 0.275 e. The van der Waals surface area contributed by atoms with Crippen LogP contribution in [0.15, 0.2) is 59.7 Å². The number of carbonyl (C=O) groups excluding carboxylic acids is 1. The minimum atomic E-state index is -0.517. The van der Waals surface area contributed by atoms with E-state index in [0.29, 0.717) is 11.3 Å². The highest BCUT2D eigenvalue weighted by Gasteiger charge is 2.08. The Hall–Kier alpha value is -2.95. The molecule has 0 unspecified atom stereocenters. The van der Waals surface area contributed by atoms with E-state index >= 15 is 0 Å². The van der Waals surface area contributed by atoms with Gasteiger partial charge >= 0.3 is 0 Å². The molecule has 2 N–H and O–H groups in total. The molecule has 0 bridgehead atoms. The van der Waals surface area contributed by atoms with Crippen LogP contribution in [0.25, 0.3) is 6.08 Å². The number of carbonyl (C=O) groups is 1. The molecule has 4 nitrogen and oxygen atoms in total. The number of hydrogen-bond acceptors (Lipinski definition) is 3. The molecule has 0 saturated heterocycles. The Kier molecular flexibility index (Phi) is 5.03. The van der Waals surface area contributed by atoms with Crippen molar-refractivity contribution in [2.75, 3.05) is 0 Å². The van der Waals surface area contributed by atoms with Gasteiger partial charge in [-0.2, -0.15) is 5.10 Å². The van der Waals surface area contributed by atoms with Crippen molar-refractivity contribution in [1.82, 2.24) is 5.43 Å². The lowest BCUT2D eigenvalue weighted by Crippen LogP contribution is -2.18. The van der Waals surface area contributed by atoms with Crippen LogP contribution in [-0.4, -0.2) is 16.7 Å². The SMILES string of the molecule is CC(/C=C/c1ccccc1F)=N/NC(=O)c1ccccc1O. The quantitative estimate of drug-likeness (QED) is 0.671. The van der Waals surface area contributed by atoms with Gasteiger partial charge in [0.25, 0.3) is 5.91 Å². The lowest BCUT2D eigenvalue weighted by atomic mass is 10.2. The summed E-state index contributed by atoms with van der Waals surface area (Å²) in [5.41, 5.74) is 3.40. The molecule has 2 rings (SSSR count). The molecule has 1 amide bonds. The Morgan fingerprint density at radius 1 is 1.18 bits per heavy atom. The van der Waals surface area contributed by atoms with Crippen LogP contribution in [0.1, 0.15) is 22.8 Å². The van der Waals surface area contributed by atoms with Crippen molar-refractivity contribution < 1.29 is 14.3 Å². The maximum absolute atomic E-state index is 13.4. The number of benzene rings is 2. The topological polar surface area (TPSA) is 61.7 Å². The zero-order valence-electron chi connectivity index (χ0n) is 12.0. The molecule has 22 heavy (non-hydrogen) atoms. The number of amides is 1. The first-order chi connectivity index (χ1) is 10.6. The fraction of sp³-hybridized carbons (Fsp3) is 0.0588. The van der Waals surface area contributed by atoms with Gasteiger partial charge in [-0.3, -0.25) is 4.79 Å². The summed E-state index contributed by atoms with van der Waals surface area (Å²) in [6.07, 6.45) is 3.16. The van der Waals surface area contributed by atoms with Crippen molar-refractivity contribution in [2.24, 2.45) is 5.10 Å². The van der Waals surface area contributed by atoms with Gasteiger partial charge in [0.05, 0.1) is 11.3 Å². The number of hydrazone groups is 1. The maximum atomic E-state index is 13.4. The zero-order chi connectivity index (χ0) is 15.9. The van der Waals surface area contributed by atoms with Crippen LogP contribution in [0.5, 0.6) is 5.75 Å². The van der Waals surface area contributed by atoms with Gasteiger partial charge < -0.3 is 5.11 Å². The van der Waals surface area contributed by atoms with Crippen LogP contribution in [-0.2, 0) is 0 Å². The summed E-state index contributed by atoms with van der Waals surface area (Å²) >= 11 is 0. The zero-order valence-corrected chi connectivity index (χ0v) is 12.0. The van der Waals surface area contributed by atoms with Crippen molar-refractivity contribution in [2.45, 2.75) is 6.92 Å². The monoisotopic (exact) mass is 298 g/mol. The average Bonchev–Trinajstić information content (AvgIpc) is 2.52. The largest absolute Gasteiger partial charge is 0.507 e. The highest BCUT2D eigenvalue weighted by Crippen LogP contribution is 2.15. The number of phenols is 1. The molecule has 0 heterocycles. The van der Waals surface area contributed by atoms with Crippen molar-refractivity contribution in [3.63, 3.8) is 0 Å². The molecule has 0 atom stereocenters. The van der Waals surface area contributed by atoms with Crippen LogP contribution in [0.3, 0.4) is 0 Å². The van der Waals surface area contributed by atoms with Gasteiger partial charge in [0.2, 0.25) is 0 Å². The molecular weight excluding hydrogens is 283 g/mol. The number of phenolic OH excluding ortho intramolecular Hbond substituents is 1. The Bertz CT molecular complexity index is 739. The normalized spacial score (nSPS) is 11.6. The number of nitrogens with one attached hydrogen (secondary N) is 1. The van der Waals surface area contributed by atoms with Crippen LogP contribution in [0, 0.1) is 5.82 Å². The Morgan fingerprint density at radius 3 is 2.59 bits per heavy atom. The van der Waals surface area contributed by atoms with Crippen LogP contribution in [0.2, 0.25) is 0 Å². The first-order valence-electron chi connectivity index (χ1n) is 6.63. The Morgan fingerprint density at radius 2 is 1.86 bits per heavy atom. The highest BCUT2D eigenvalue weighted by molar-refractivity contribution is 6.00. The summed E-state index contributed by atoms with van der Waals surface area (Å²) in [6, 6.07) is 12.5. The summed E-state index contributed by atoms with van der Waals surface area (Å²) in [5.74, 6) is -0.962. The number of halogens is 1. The second-order valence-electron chi connectivity index (χ2n) is 4.57. The fourth-order valence-corrected chi connectivity index (χ4v) is 1.72. The molecular formula is C17H15FN2O2. The lowest BCUT2D eigenvalue weighted by Gasteiger charge is -2.02. The third-order valence-corrected chi connectivity index (χ3v) is 2.89. The number of allylic oxidation sites excluding steroid dienone is 1. The first kappa shape index (κ1) is 15.4.